The number of nitrogen functional groups attached to an aromatic ring is 1. The molecule has 0 bridgehead atoms. The summed E-state index contributed by atoms with van der Waals surface area (Å²) < 4.78 is 18.7. The smallest absolute Gasteiger partial charge is 0.340 e. The van der Waals surface area contributed by atoms with E-state index in [0.29, 0.717) is 0 Å². The average molecular weight is 288 g/mol. The van der Waals surface area contributed by atoms with Crippen LogP contribution in [0.4, 0.5) is 21.5 Å². The molecular weight excluding hydrogens is 271 g/mol. The Morgan fingerprint density at radius 2 is 1.90 bits per heavy atom. The van der Waals surface area contributed by atoms with Gasteiger partial charge in [-0.05, 0) is 43.2 Å². The number of nitrogens with one attached hydrogen (secondary N) is 1. The van der Waals surface area contributed by atoms with E-state index < -0.39 is 11.8 Å². The highest BCUT2D eigenvalue weighted by molar-refractivity contribution is 5.96. The first-order chi connectivity index (χ1) is 9.92. The van der Waals surface area contributed by atoms with Gasteiger partial charge in [0.1, 0.15) is 5.82 Å². The minimum Gasteiger partial charge on any atom is -0.465 e. The first-order valence-electron chi connectivity index (χ1n) is 6.44. The number of benzene rings is 2. The number of hydrogen-bond acceptors (Lipinski definition) is 4. The van der Waals surface area contributed by atoms with E-state index in [1.807, 2.05) is 32.0 Å². The van der Waals surface area contributed by atoms with E-state index in [2.05, 4.69) is 10.1 Å². The van der Waals surface area contributed by atoms with Crippen molar-refractivity contribution < 1.29 is 13.9 Å². The Hall–Kier alpha value is -2.56. The number of ether oxygens (including phenoxy) is 1. The van der Waals surface area contributed by atoms with Gasteiger partial charge in [-0.25, -0.2) is 9.18 Å². The fourth-order valence-electron chi connectivity index (χ4n) is 1.99. The molecule has 21 heavy (non-hydrogen) atoms. The van der Waals surface area contributed by atoms with Gasteiger partial charge < -0.3 is 15.8 Å². The lowest BCUT2D eigenvalue weighted by atomic mass is 10.1. The summed E-state index contributed by atoms with van der Waals surface area (Å²) in [6.07, 6.45) is 0. The van der Waals surface area contributed by atoms with Gasteiger partial charge >= 0.3 is 5.97 Å². The number of methoxy groups -OCH3 is 1. The summed E-state index contributed by atoms with van der Waals surface area (Å²) in [6, 6.07) is 8.29. The van der Waals surface area contributed by atoms with Gasteiger partial charge in [-0.15, -0.1) is 0 Å². The molecule has 0 heterocycles. The van der Waals surface area contributed by atoms with Crippen LogP contribution in [0.2, 0.25) is 0 Å². The average Bonchev–Trinajstić information content (AvgIpc) is 2.44. The molecule has 0 aliphatic heterocycles. The maximum Gasteiger partial charge on any atom is 0.340 e. The van der Waals surface area contributed by atoms with E-state index in [1.165, 1.54) is 13.2 Å². The third-order valence-electron chi connectivity index (χ3n) is 3.21. The van der Waals surface area contributed by atoms with Crippen LogP contribution in [0.5, 0.6) is 0 Å². The Balaban J connectivity index is 2.44. The van der Waals surface area contributed by atoms with Crippen molar-refractivity contribution in [2.75, 3.05) is 18.2 Å². The zero-order valence-electron chi connectivity index (χ0n) is 12.2. The Bertz CT molecular complexity index is 699. The number of anilines is 3. The van der Waals surface area contributed by atoms with Crippen LogP contribution in [0.1, 0.15) is 21.5 Å². The zero-order valence-corrected chi connectivity index (χ0v) is 12.2. The lowest BCUT2D eigenvalue weighted by Crippen LogP contribution is -2.08. The van der Waals surface area contributed by atoms with E-state index in [4.69, 9.17) is 5.73 Å². The number of nitrogens with two attached hydrogens (primary N) is 1. The summed E-state index contributed by atoms with van der Waals surface area (Å²) in [7, 11) is 1.25. The van der Waals surface area contributed by atoms with Crippen molar-refractivity contribution in [3.63, 3.8) is 0 Å². The van der Waals surface area contributed by atoms with Crippen molar-refractivity contribution >= 4 is 23.0 Å². The highest BCUT2D eigenvalue weighted by Crippen LogP contribution is 2.27. The lowest BCUT2D eigenvalue weighted by Gasteiger charge is -2.13. The van der Waals surface area contributed by atoms with Gasteiger partial charge in [0.05, 0.1) is 18.4 Å². The van der Waals surface area contributed by atoms with Crippen molar-refractivity contribution in [3.05, 3.63) is 52.8 Å². The fraction of sp³-hybridized carbons (Fsp3) is 0.188. The van der Waals surface area contributed by atoms with E-state index in [0.717, 1.165) is 22.9 Å². The van der Waals surface area contributed by atoms with Crippen molar-refractivity contribution in [1.29, 1.82) is 0 Å². The monoisotopic (exact) mass is 288 g/mol. The van der Waals surface area contributed by atoms with Crippen molar-refractivity contribution in [1.82, 2.24) is 0 Å². The molecule has 4 nitrogen and oxygen atoms in total. The van der Waals surface area contributed by atoms with Gasteiger partial charge in [-0.2, -0.15) is 0 Å². The molecule has 0 unspecified atom stereocenters. The SMILES string of the molecule is COC(=O)c1cc(Nc2cc(C)ccc2C)c(F)cc1N. The molecule has 0 saturated heterocycles. The van der Waals surface area contributed by atoms with Crippen LogP contribution >= 0.6 is 0 Å². The van der Waals surface area contributed by atoms with Crippen LogP contribution < -0.4 is 11.1 Å². The number of carbonyl (C=O) groups excluding carboxylic acids is 1. The topological polar surface area (TPSA) is 64.3 Å². The van der Waals surface area contributed by atoms with Crippen LogP contribution in [0.25, 0.3) is 0 Å². The molecule has 0 aromatic heterocycles. The molecule has 110 valence electrons. The summed E-state index contributed by atoms with van der Waals surface area (Å²) >= 11 is 0. The maximum absolute atomic E-state index is 14.0. The van der Waals surface area contributed by atoms with Gasteiger partial charge in [-0.3, -0.25) is 0 Å². The fourth-order valence-corrected chi connectivity index (χ4v) is 1.99. The van der Waals surface area contributed by atoms with Crippen LogP contribution in [0.15, 0.2) is 30.3 Å². The number of hydrogen-bond donors (Lipinski definition) is 2. The van der Waals surface area contributed by atoms with Gasteiger partial charge in [-0.1, -0.05) is 12.1 Å². The van der Waals surface area contributed by atoms with E-state index in [9.17, 15) is 9.18 Å². The van der Waals surface area contributed by atoms with Gasteiger partial charge in [0.15, 0.2) is 0 Å². The zero-order chi connectivity index (χ0) is 15.6. The maximum atomic E-state index is 14.0. The quantitative estimate of drug-likeness (QED) is 0.669. The molecule has 3 N–H and O–H groups in total. The van der Waals surface area contributed by atoms with Crippen LogP contribution in [-0.4, -0.2) is 13.1 Å². The lowest BCUT2D eigenvalue weighted by molar-refractivity contribution is 0.0602. The molecule has 0 radical (unpaired) electrons. The number of aryl methyl sites for hydroxylation is 2. The molecule has 2 aromatic carbocycles. The summed E-state index contributed by atoms with van der Waals surface area (Å²) in [4.78, 5) is 11.6. The Morgan fingerprint density at radius 1 is 1.19 bits per heavy atom. The minimum absolute atomic E-state index is 0.0471. The van der Waals surface area contributed by atoms with Crippen molar-refractivity contribution in [2.24, 2.45) is 0 Å². The number of rotatable bonds is 3. The Labute approximate surface area is 122 Å². The van der Waals surface area contributed by atoms with Crippen LogP contribution in [0, 0.1) is 19.7 Å². The Morgan fingerprint density at radius 3 is 2.57 bits per heavy atom. The van der Waals surface area contributed by atoms with Crippen molar-refractivity contribution in [2.45, 2.75) is 13.8 Å². The summed E-state index contributed by atoms with van der Waals surface area (Å²) in [6.45, 7) is 3.86. The first-order valence-corrected chi connectivity index (χ1v) is 6.44. The number of carbonyl (C=O) groups is 1. The molecule has 0 fully saturated rings. The third kappa shape index (κ3) is 3.13. The second kappa shape index (κ2) is 5.83. The van der Waals surface area contributed by atoms with E-state index in [-0.39, 0.29) is 16.9 Å². The first kappa shape index (κ1) is 14.8. The molecule has 5 heteroatoms. The molecule has 0 aliphatic carbocycles. The molecule has 2 rings (SSSR count). The second-order valence-corrected chi connectivity index (χ2v) is 4.85. The standard InChI is InChI=1S/C16H17FN2O2/c1-9-4-5-10(2)14(6-9)19-15-7-11(16(20)21-3)13(18)8-12(15)17/h4-8,19H,18H2,1-3H3. The largest absolute Gasteiger partial charge is 0.465 e. The molecule has 0 spiro atoms. The van der Waals surface area contributed by atoms with Crippen LogP contribution in [-0.2, 0) is 4.74 Å². The highest BCUT2D eigenvalue weighted by Gasteiger charge is 2.15. The van der Waals surface area contributed by atoms with E-state index in [1.54, 1.807) is 0 Å². The number of halogens is 1. The third-order valence-corrected chi connectivity index (χ3v) is 3.21. The molecule has 2 aromatic rings. The van der Waals surface area contributed by atoms with E-state index >= 15 is 0 Å². The van der Waals surface area contributed by atoms with Gasteiger partial charge in [0, 0.05) is 11.4 Å². The highest BCUT2D eigenvalue weighted by atomic mass is 19.1. The van der Waals surface area contributed by atoms with Gasteiger partial charge in [0.2, 0.25) is 0 Å². The van der Waals surface area contributed by atoms with Gasteiger partial charge in [0.25, 0.3) is 0 Å². The minimum atomic E-state index is -0.600. The van der Waals surface area contributed by atoms with Crippen molar-refractivity contribution in [3.8, 4) is 0 Å². The molecule has 0 aliphatic rings. The molecule has 0 saturated carbocycles. The molecule has 0 atom stereocenters. The van der Waals surface area contributed by atoms with Crippen LogP contribution in [0.3, 0.4) is 0 Å². The predicted octanol–water partition coefficient (Wildman–Crippen LogP) is 3.55. The second-order valence-electron chi connectivity index (χ2n) is 4.85. The molecule has 0 amide bonds. The summed E-state index contributed by atoms with van der Waals surface area (Å²) in [5.41, 5.74) is 8.79. The summed E-state index contributed by atoms with van der Waals surface area (Å²) in [5.74, 6) is -1.13. The number of esters is 1. The normalized spacial score (nSPS) is 10.3. The summed E-state index contributed by atoms with van der Waals surface area (Å²) in [5, 5.41) is 2.99. The molecular formula is C16H17FN2O2. The predicted molar refractivity (Wildman–Crippen MR) is 81.4 cm³/mol. The Kier molecular flexibility index (Phi) is 4.12.